The Bertz CT molecular complexity index is 1120. The van der Waals surface area contributed by atoms with Crippen LogP contribution < -0.4 is 30.6 Å². The molecular weight excluding hydrogens is 424 g/mol. The highest BCUT2D eigenvalue weighted by Crippen LogP contribution is 2.28. The summed E-state index contributed by atoms with van der Waals surface area (Å²) < 4.78 is 32.6. The number of nitrogens with one attached hydrogen (secondary N) is 2. The second-order valence-corrected chi connectivity index (χ2v) is 6.54. The van der Waals surface area contributed by atoms with Crippen LogP contribution in [0.25, 0.3) is 11.0 Å². The zero-order chi connectivity index (χ0) is 21.8. The lowest BCUT2D eigenvalue weighted by molar-refractivity contribution is -0.618. The number of urea groups is 1. The molecule has 158 valence electrons. The number of hydrogen-bond donors (Lipinski definition) is 3. The number of amides is 2. The molecule has 0 spiro atoms. The van der Waals surface area contributed by atoms with Gasteiger partial charge in [0.25, 0.3) is 11.7 Å². The van der Waals surface area contributed by atoms with E-state index in [1.165, 1.54) is 6.07 Å². The van der Waals surface area contributed by atoms with Gasteiger partial charge < -0.3 is 20.9 Å². The molecule has 0 unspecified atom stereocenters. The molecule has 2 aromatic carbocycles. The summed E-state index contributed by atoms with van der Waals surface area (Å²) in [5.41, 5.74) is 4.76. The normalized spacial score (nSPS) is 10.8. The van der Waals surface area contributed by atoms with Gasteiger partial charge >= 0.3 is 11.8 Å². The summed E-state index contributed by atoms with van der Waals surface area (Å²) in [5.74, 6) is -2.79. The topological polar surface area (TPSA) is 130 Å². The fourth-order valence-corrected chi connectivity index (χ4v) is 2.74. The van der Waals surface area contributed by atoms with Crippen LogP contribution in [-0.4, -0.2) is 19.2 Å². The van der Waals surface area contributed by atoms with Crippen molar-refractivity contribution in [3.05, 3.63) is 63.6 Å². The summed E-state index contributed by atoms with van der Waals surface area (Å²) in [6.07, 6.45) is 1.31. The molecule has 0 saturated carbocycles. The van der Waals surface area contributed by atoms with Crippen molar-refractivity contribution in [3.8, 4) is 5.75 Å². The standard InChI is InChI=1S/C18H16ClF2N5O4/c19-10-2-3-16(30-5-1-4-22)13(6-10)23-18(27)24-17-9-25(28)14-7-11(20)12(21)8-15(14)26(17)29/h2-3,6-9H,1,4-5,22H2,(H2,23,24,27). The van der Waals surface area contributed by atoms with Gasteiger partial charge in [-0.05, 0) is 31.2 Å². The summed E-state index contributed by atoms with van der Waals surface area (Å²) in [7, 11) is 0. The summed E-state index contributed by atoms with van der Waals surface area (Å²) >= 11 is 5.95. The first-order valence-corrected chi connectivity index (χ1v) is 9.03. The smallest absolute Gasteiger partial charge is 0.411 e. The molecule has 0 aliphatic rings. The molecule has 9 nitrogen and oxygen atoms in total. The maximum absolute atomic E-state index is 13.5. The number of aromatic nitrogens is 2. The van der Waals surface area contributed by atoms with Crippen molar-refractivity contribution in [1.82, 2.24) is 0 Å². The number of benzene rings is 2. The minimum Gasteiger partial charge on any atom is -0.710 e. The third kappa shape index (κ3) is 4.58. The van der Waals surface area contributed by atoms with Crippen molar-refractivity contribution < 1.29 is 27.8 Å². The van der Waals surface area contributed by atoms with E-state index in [1.807, 2.05) is 0 Å². The van der Waals surface area contributed by atoms with Gasteiger partial charge in [-0.2, -0.15) is 10.0 Å². The van der Waals surface area contributed by atoms with E-state index in [0.29, 0.717) is 42.5 Å². The Morgan fingerprint density at radius 3 is 2.53 bits per heavy atom. The minimum absolute atomic E-state index is 0.0997. The predicted octanol–water partition coefficient (Wildman–Crippen LogP) is 2.41. The fraction of sp³-hybridized carbons (Fsp3) is 0.167. The van der Waals surface area contributed by atoms with E-state index in [1.54, 1.807) is 12.1 Å². The van der Waals surface area contributed by atoms with E-state index >= 15 is 0 Å². The maximum atomic E-state index is 13.5. The number of fused-ring (bicyclic) bond motifs is 1. The first-order chi connectivity index (χ1) is 14.3. The van der Waals surface area contributed by atoms with Crippen molar-refractivity contribution in [2.24, 2.45) is 5.73 Å². The van der Waals surface area contributed by atoms with Gasteiger partial charge in [0, 0.05) is 11.1 Å². The quantitative estimate of drug-likeness (QED) is 0.308. The zero-order valence-corrected chi connectivity index (χ0v) is 16.1. The highest BCUT2D eigenvalue weighted by molar-refractivity contribution is 6.31. The molecule has 0 radical (unpaired) electrons. The molecule has 0 atom stereocenters. The average molecular weight is 440 g/mol. The molecule has 0 saturated heterocycles. The second kappa shape index (κ2) is 8.93. The number of carbonyl (C=O) groups is 1. The van der Waals surface area contributed by atoms with E-state index in [0.717, 1.165) is 6.20 Å². The van der Waals surface area contributed by atoms with E-state index in [-0.39, 0.29) is 15.1 Å². The number of nitrogens with zero attached hydrogens (tertiary/aromatic N) is 2. The molecule has 3 aromatic rings. The molecule has 0 aliphatic carbocycles. The van der Waals surface area contributed by atoms with Crippen LogP contribution in [0.1, 0.15) is 6.42 Å². The van der Waals surface area contributed by atoms with Gasteiger partial charge in [0.05, 0.1) is 18.4 Å². The van der Waals surface area contributed by atoms with Crippen LogP contribution in [0.5, 0.6) is 5.75 Å². The van der Waals surface area contributed by atoms with Crippen LogP contribution in [0.2, 0.25) is 5.02 Å². The highest BCUT2D eigenvalue weighted by atomic mass is 35.5. The van der Waals surface area contributed by atoms with Gasteiger partial charge in [0.1, 0.15) is 5.75 Å². The average Bonchev–Trinajstić information content (AvgIpc) is 2.69. The van der Waals surface area contributed by atoms with Gasteiger partial charge in [-0.15, -0.1) is 0 Å². The number of rotatable bonds is 6. The Labute approximate surface area is 173 Å². The molecule has 2 amide bonds. The van der Waals surface area contributed by atoms with Crippen LogP contribution in [0.3, 0.4) is 0 Å². The summed E-state index contributed by atoms with van der Waals surface area (Å²) in [6.45, 7) is 0.722. The SMILES string of the molecule is NCCCOc1ccc(Cl)cc1NC(=O)Nc1c[n+]([O-])c2cc(F)c(F)cc2[n+]1[O-]. The molecule has 12 heteroatoms. The Morgan fingerprint density at radius 1 is 1.13 bits per heavy atom. The molecule has 1 aromatic heterocycles. The molecule has 0 aliphatic heterocycles. The van der Waals surface area contributed by atoms with Gasteiger partial charge in [-0.3, -0.25) is 5.32 Å². The number of anilines is 2. The monoisotopic (exact) mass is 439 g/mol. The fourth-order valence-electron chi connectivity index (χ4n) is 2.57. The van der Waals surface area contributed by atoms with Crippen molar-refractivity contribution in [1.29, 1.82) is 0 Å². The number of nitrogens with two attached hydrogens (primary N) is 1. The van der Waals surface area contributed by atoms with Crippen molar-refractivity contribution in [2.75, 3.05) is 23.8 Å². The number of ether oxygens (including phenoxy) is 1. The summed E-state index contributed by atoms with van der Waals surface area (Å²) in [4.78, 5) is 12.4. The van der Waals surface area contributed by atoms with Crippen molar-refractivity contribution in [3.63, 3.8) is 0 Å². The summed E-state index contributed by atoms with van der Waals surface area (Å²) in [5, 5.41) is 29.4. The van der Waals surface area contributed by atoms with Gasteiger partial charge in [0.15, 0.2) is 11.6 Å². The lowest BCUT2D eigenvalue weighted by Crippen LogP contribution is -2.42. The van der Waals surface area contributed by atoms with Gasteiger partial charge in [-0.1, -0.05) is 11.6 Å². The third-order valence-electron chi connectivity index (χ3n) is 3.97. The Kier molecular flexibility index (Phi) is 6.33. The first-order valence-electron chi connectivity index (χ1n) is 8.65. The molecule has 0 bridgehead atoms. The third-order valence-corrected chi connectivity index (χ3v) is 4.20. The number of hydrogen-bond acceptors (Lipinski definition) is 5. The molecule has 0 fully saturated rings. The van der Waals surface area contributed by atoms with Crippen LogP contribution in [0.15, 0.2) is 36.5 Å². The largest absolute Gasteiger partial charge is 0.710 e. The lowest BCUT2D eigenvalue weighted by Gasteiger charge is -2.13. The number of carbonyl (C=O) groups excluding carboxylic acids is 1. The molecule has 4 N–H and O–H groups in total. The Hall–Kier alpha value is -3.44. The van der Waals surface area contributed by atoms with E-state index in [2.05, 4.69) is 10.6 Å². The molecule has 1 heterocycles. The summed E-state index contributed by atoms with van der Waals surface area (Å²) in [6, 6.07) is 4.79. The molecular formula is C18H16ClF2N5O4. The van der Waals surface area contributed by atoms with Crippen LogP contribution in [0.4, 0.5) is 25.1 Å². The second-order valence-electron chi connectivity index (χ2n) is 6.10. The van der Waals surface area contributed by atoms with Crippen molar-refractivity contribution in [2.45, 2.75) is 6.42 Å². The van der Waals surface area contributed by atoms with Crippen LogP contribution in [-0.2, 0) is 0 Å². The molecule has 3 rings (SSSR count). The zero-order valence-electron chi connectivity index (χ0n) is 15.3. The minimum atomic E-state index is -1.31. The maximum Gasteiger partial charge on any atom is 0.411 e. The first kappa shape index (κ1) is 21.3. The van der Waals surface area contributed by atoms with E-state index in [4.69, 9.17) is 22.1 Å². The number of halogens is 3. The van der Waals surface area contributed by atoms with Gasteiger partial charge in [0.2, 0.25) is 5.52 Å². The molecule has 30 heavy (non-hydrogen) atoms. The Morgan fingerprint density at radius 2 is 1.83 bits per heavy atom. The predicted molar refractivity (Wildman–Crippen MR) is 105 cm³/mol. The Balaban J connectivity index is 1.85. The van der Waals surface area contributed by atoms with Crippen molar-refractivity contribution >= 4 is 40.2 Å². The highest BCUT2D eigenvalue weighted by Gasteiger charge is 2.23. The van der Waals surface area contributed by atoms with Gasteiger partial charge in [-0.25, -0.2) is 18.3 Å². The lowest BCUT2D eigenvalue weighted by atomic mass is 10.3. The van der Waals surface area contributed by atoms with E-state index in [9.17, 15) is 24.0 Å². The van der Waals surface area contributed by atoms with Crippen LogP contribution in [0, 0.1) is 22.0 Å². The van der Waals surface area contributed by atoms with Crippen LogP contribution >= 0.6 is 11.6 Å². The van der Waals surface area contributed by atoms with E-state index < -0.39 is 34.5 Å².